The Balaban J connectivity index is 1.87. The van der Waals surface area contributed by atoms with E-state index in [2.05, 4.69) is 10.6 Å². The number of nitrogens with one attached hydrogen (secondary N) is 2. The van der Waals surface area contributed by atoms with Crippen molar-refractivity contribution in [2.24, 2.45) is 0 Å². The van der Waals surface area contributed by atoms with Crippen LogP contribution in [0.4, 0.5) is 10.1 Å². The van der Waals surface area contributed by atoms with E-state index in [0.29, 0.717) is 29.2 Å². The predicted molar refractivity (Wildman–Crippen MR) is 105 cm³/mol. The van der Waals surface area contributed by atoms with E-state index in [1.807, 2.05) is 19.9 Å². The lowest BCUT2D eigenvalue weighted by molar-refractivity contribution is -0.116. The smallest absolute Gasteiger partial charge is 0.226 e. The zero-order chi connectivity index (χ0) is 19.8. The number of ether oxygens (including phenoxy) is 2. The van der Waals surface area contributed by atoms with E-state index in [-0.39, 0.29) is 30.2 Å². The quantitative estimate of drug-likeness (QED) is 0.701. The van der Waals surface area contributed by atoms with Crippen LogP contribution in [0.25, 0.3) is 0 Å². The van der Waals surface area contributed by atoms with E-state index >= 15 is 0 Å². The minimum Gasteiger partial charge on any atom is -0.497 e. The Kier molecular flexibility index (Phi) is 7.61. The van der Waals surface area contributed by atoms with Gasteiger partial charge in [0.25, 0.3) is 0 Å². The molecule has 0 saturated heterocycles. The maximum Gasteiger partial charge on any atom is 0.226 e. The Labute approximate surface area is 159 Å². The molecule has 1 amide bonds. The average Bonchev–Trinajstić information content (AvgIpc) is 2.63. The molecule has 2 atom stereocenters. The van der Waals surface area contributed by atoms with Gasteiger partial charge in [-0.1, -0.05) is 18.2 Å². The summed E-state index contributed by atoms with van der Waals surface area (Å²) in [7, 11) is 3.11. The second-order valence-corrected chi connectivity index (χ2v) is 6.58. The molecule has 2 aromatic carbocycles. The summed E-state index contributed by atoms with van der Waals surface area (Å²) in [5.41, 5.74) is 1.26. The first kappa shape index (κ1) is 20.7. The second-order valence-electron chi connectivity index (χ2n) is 6.58. The lowest BCUT2D eigenvalue weighted by Crippen LogP contribution is -2.38. The van der Waals surface area contributed by atoms with Gasteiger partial charge < -0.3 is 20.1 Å². The zero-order valence-corrected chi connectivity index (χ0v) is 16.2. The number of carbonyl (C=O) groups excluding carboxylic acids is 1. The van der Waals surface area contributed by atoms with Crippen molar-refractivity contribution in [3.63, 3.8) is 0 Å². The van der Waals surface area contributed by atoms with Crippen LogP contribution in [0.15, 0.2) is 42.5 Å². The molecule has 2 N–H and O–H groups in total. The van der Waals surface area contributed by atoms with Crippen LogP contribution in [0.5, 0.6) is 11.5 Å². The molecule has 0 heterocycles. The van der Waals surface area contributed by atoms with Gasteiger partial charge in [-0.05, 0) is 44.0 Å². The number of rotatable bonds is 9. The van der Waals surface area contributed by atoms with Crippen LogP contribution in [0.3, 0.4) is 0 Å². The number of carbonyl (C=O) groups is 1. The largest absolute Gasteiger partial charge is 0.497 e. The summed E-state index contributed by atoms with van der Waals surface area (Å²) in [6.45, 7) is 3.91. The Hall–Kier alpha value is -2.60. The van der Waals surface area contributed by atoms with Gasteiger partial charge in [-0.25, -0.2) is 4.39 Å². The van der Waals surface area contributed by atoms with Gasteiger partial charge in [0.05, 0.1) is 19.9 Å². The molecule has 6 heteroatoms. The van der Waals surface area contributed by atoms with Crippen molar-refractivity contribution in [2.75, 3.05) is 19.5 Å². The van der Waals surface area contributed by atoms with Gasteiger partial charge in [-0.2, -0.15) is 0 Å². The molecule has 2 aromatic rings. The van der Waals surface area contributed by atoms with Crippen molar-refractivity contribution in [1.29, 1.82) is 0 Å². The van der Waals surface area contributed by atoms with Crippen LogP contribution in [-0.4, -0.2) is 32.2 Å². The third kappa shape index (κ3) is 6.25. The number of hydrogen-bond acceptors (Lipinski definition) is 4. The Morgan fingerprint density at radius 2 is 1.81 bits per heavy atom. The molecule has 146 valence electrons. The standard InChI is InChI=1S/C21H27FN2O3/c1-14(11-16-7-5-6-8-18(16)22)23-15(2)12-21(25)24-19-10-9-17(26-3)13-20(19)27-4/h5-10,13-15,23H,11-12H2,1-4H3,(H,24,25). The van der Waals surface area contributed by atoms with E-state index in [9.17, 15) is 9.18 Å². The molecule has 0 fully saturated rings. The predicted octanol–water partition coefficient (Wildman–Crippen LogP) is 3.78. The Bertz CT molecular complexity index is 767. The summed E-state index contributed by atoms with van der Waals surface area (Å²) in [6.07, 6.45) is 0.849. The number of hydrogen-bond donors (Lipinski definition) is 2. The summed E-state index contributed by atoms with van der Waals surface area (Å²) in [6, 6.07) is 11.9. The van der Waals surface area contributed by atoms with Crippen LogP contribution in [-0.2, 0) is 11.2 Å². The highest BCUT2D eigenvalue weighted by molar-refractivity contribution is 5.92. The molecule has 0 spiro atoms. The maximum absolute atomic E-state index is 13.8. The first-order valence-corrected chi connectivity index (χ1v) is 8.94. The molecular weight excluding hydrogens is 347 g/mol. The fourth-order valence-electron chi connectivity index (χ4n) is 2.98. The van der Waals surface area contributed by atoms with Gasteiger partial charge in [0, 0.05) is 24.6 Å². The van der Waals surface area contributed by atoms with Crippen LogP contribution < -0.4 is 20.1 Å². The summed E-state index contributed by atoms with van der Waals surface area (Å²) in [4.78, 5) is 12.3. The van der Waals surface area contributed by atoms with Gasteiger partial charge in [0.15, 0.2) is 0 Å². The minimum absolute atomic E-state index is 0.0419. The second kappa shape index (κ2) is 9.92. The first-order chi connectivity index (χ1) is 12.9. The fraction of sp³-hybridized carbons (Fsp3) is 0.381. The first-order valence-electron chi connectivity index (χ1n) is 8.94. The van der Waals surface area contributed by atoms with Crippen molar-refractivity contribution in [1.82, 2.24) is 5.32 Å². The number of halogens is 1. The highest BCUT2D eigenvalue weighted by atomic mass is 19.1. The number of amides is 1. The van der Waals surface area contributed by atoms with E-state index < -0.39 is 0 Å². The van der Waals surface area contributed by atoms with Crippen LogP contribution in [0.1, 0.15) is 25.8 Å². The molecule has 5 nitrogen and oxygen atoms in total. The summed E-state index contributed by atoms with van der Waals surface area (Å²) >= 11 is 0. The van der Waals surface area contributed by atoms with Gasteiger partial charge in [0.1, 0.15) is 17.3 Å². The van der Waals surface area contributed by atoms with Crippen molar-refractivity contribution in [3.05, 3.63) is 53.8 Å². The third-order valence-electron chi connectivity index (χ3n) is 4.23. The van der Waals surface area contributed by atoms with Crippen LogP contribution in [0.2, 0.25) is 0 Å². The van der Waals surface area contributed by atoms with Gasteiger partial charge in [-0.3, -0.25) is 4.79 Å². The van der Waals surface area contributed by atoms with Gasteiger partial charge in [-0.15, -0.1) is 0 Å². The number of anilines is 1. The van der Waals surface area contributed by atoms with E-state index in [1.54, 1.807) is 44.6 Å². The lowest BCUT2D eigenvalue weighted by Gasteiger charge is -2.20. The third-order valence-corrected chi connectivity index (χ3v) is 4.23. The molecule has 2 rings (SSSR count). The van der Waals surface area contributed by atoms with Gasteiger partial charge >= 0.3 is 0 Å². The molecule has 0 aliphatic rings. The SMILES string of the molecule is COc1ccc(NC(=O)CC(C)NC(C)Cc2ccccc2F)c(OC)c1. The van der Waals surface area contributed by atoms with Crippen molar-refractivity contribution < 1.29 is 18.7 Å². The Morgan fingerprint density at radius 1 is 1.07 bits per heavy atom. The monoisotopic (exact) mass is 374 g/mol. The number of benzene rings is 2. The molecular formula is C21H27FN2O3. The molecule has 2 unspecified atom stereocenters. The summed E-state index contributed by atoms with van der Waals surface area (Å²) in [5.74, 6) is 0.859. The molecule has 0 aliphatic carbocycles. The van der Waals surface area contributed by atoms with E-state index in [4.69, 9.17) is 9.47 Å². The molecule has 0 aliphatic heterocycles. The molecule has 0 radical (unpaired) electrons. The lowest BCUT2D eigenvalue weighted by atomic mass is 10.1. The molecule has 0 saturated carbocycles. The van der Waals surface area contributed by atoms with Gasteiger partial charge in [0.2, 0.25) is 5.91 Å². The van der Waals surface area contributed by atoms with Crippen molar-refractivity contribution in [3.8, 4) is 11.5 Å². The minimum atomic E-state index is -0.205. The molecule has 27 heavy (non-hydrogen) atoms. The van der Waals surface area contributed by atoms with Crippen LogP contribution in [0, 0.1) is 5.82 Å². The molecule has 0 aromatic heterocycles. The summed E-state index contributed by atoms with van der Waals surface area (Å²) < 4.78 is 24.2. The zero-order valence-electron chi connectivity index (χ0n) is 16.2. The normalized spacial score (nSPS) is 12.9. The summed E-state index contributed by atoms with van der Waals surface area (Å²) in [5, 5.41) is 6.20. The van der Waals surface area contributed by atoms with E-state index in [1.165, 1.54) is 6.07 Å². The Morgan fingerprint density at radius 3 is 2.48 bits per heavy atom. The topological polar surface area (TPSA) is 59.6 Å². The average molecular weight is 374 g/mol. The fourth-order valence-corrected chi connectivity index (χ4v) is 2.98. The highest BCUT2D eigenvalue weighted by Crippen LogP contribution is 2.29. The molecule has 0 bridgehead atoms. The van der Waals surface area contributed by atoms with Crippen molar-refractivity contribution in [2.45, 2.75) is 38.8 Å². The number of methoxy groups -OCH3 is 2. The van der Waals surface area contributed by atoms with E-state index in [0.717, 1.165) is 0 Å². The van der Waals surface area contributed by atoms with Crippen molar-refractivity contribution >= 4 is 11.6 Å². The maximum atomic E-state index is 13.8. The highest BCUT2D eigenvalue weighted by Gasteiger charge is 2.15. The van der Waals surface area contributed by atoms with Crippen LogP contribution >= 0.6 is 0 Å².